The molecule has 0 aliphatic carbocycles. The lowest BCUT2D eigenvalue weighted by Crippen LogP contribution is -2.29. The quantitative estimate of drug-likeness (QED) is 0.0392. The summed E-state index contributed by atoms with van der Waals surface area (Å²) in [4.78, 5) is 14.3. The number of hydrogen-bond acceptors (Lipinski definition) is 12. The molecule has 2 aromatic carbocycles. The van der Waals surface area contributed by atoms with Crippen LogP contribution in [-0.2, 0) is 43.9 Å². The largest absolute Gasteiger partial charge is 0.756 e. The predicted molar refractivity (Wildman–Crippen MR) is 223 cm³/mol. The van der Waals surface area contributed by atoms with Gasteiger partial charge < -0.3 is 47.3 Å². The number of rotatable bonds is 40. The van der Waals surface area contributed by atoms with Crippen LogP contribution < -0.4 is 14.9 Å². The lowest BCUT2D eigenvalue weighted by Gasteiger charge is -2.26. The number of benzene rings is 2. The molecule has 1 N–H and O–H groups in total. The molecule has 56 heavy (non-hydrogen) atoms. The molecule has 0 heterocycles. The van der Waals surface area contributed by atoms with Crippen LogP contribution >= 0.6 is 7.82 Å². The molecule has 0 saturated heterocycles. The number of likely N-dealkylation sites (N-methyl/N-ethyl adjacent to an activating group) is 1. The van der Waals surface area contributed by atoms with E-state index in [1.807, 2.05) is 37.1 Å². The van der Waals surface area contributed by atoms with Crippen LogP contribution in [0, 0.1) is 0 Å². The van der Waals surface area contributed by atoms with Gasteiger partial charge in [0.25, 0.3) is 7.82 Å². The molecule has 2 aromatic rings. The SMILES string of the molecule is CCCCCCCCCCCCCCCCCOCOCC(COP(=O)([O-])OCCN(C)CC)OCOCCCNCOCc1ccc2cc(OC)ccc2c1. The van der Waals surface area contributed by atoms with E-state index in [4.69, 9.17) is 37.5 Å². The van der Waals surface area contributed by atoms with E-state index < -0.39 is 13.9 Å². The Bertz CT molecular complexity index is 1260. The van der Waals surface area contributed by atoms with E-state index in [2.05, 4.69) is 30.4 Å². The first-order valence-corrected chi connectivity index (χ1v) is 22.8. The molecule has 0 aliphatic rings. The Kier molecular flexibility index (Phi) is 30.8. The van der Waals surface area contributed by atoms with Crippen LogP contribution in [0.25, 0.3) is 10.8 Å². The van der Waals surface area contributed by atoms with Crippen LogP contribution in [0.5, 0.6) is 5.75 Å². The van der Waals surface area contributed by atoms with Gasteiger partial charge in [0.05, 0.1) is 46.9 Å². The smallest absolute Gasteiger partial charge is 0.268 e. The van der Waals surface area contributed by atoms with Crippen molar-refractivity contribution in [3.8, 4) is 5.75 Å². The van der Waals surface area contributed by atoms with Crippen molar-refractivity contribution in [2.75, 3.05) is 87.1 Å². The third-order valence-corrected chi connectivity index (χ3v) is 10.6. The van der Waals surface area contributed by atoms with Crippen LogP contribution in [0.1, 0.15) is 122 Å². The molecule has 12 nitrogen and oxygen atoms in total. The fourth-order valence-electron chi connectivity index (χ4n) is 6.00. The Balaban J connectivity index is 1.53. The van der Waals surface area contributed by atoms with Crippen LogP contribution in [0.15, 0.2) is 36.4 Å². The number of methoxy groups -OCH3 is 1. The second-order valence-electron chi connectivity index (χ2n) is 14.5. The summed E-state index contributed by atoms with van der Waals surface area (Å²) in [6.07, 6.45) is 19.9. The van der Waals surface area contributed by atoms with E-state index >= 15 is 0 Å². The minimum atomic E-state index is -4.50. The normalized spacial score (nSPS) is 13.5. The highest BCUT2D eigenvalue weighted by atomic mass is 31.2. The lowest BCUT2D eigenvalue weighted by atomic mass is 10.0. The first-order valence-electron chi connectivity index (χ1n) is 21.4. The molecular weight excluding hydrogens is 735 g/mol. The van der Waals surface area contributed by atoms with E-state index in [1.165, 1.54) is 83.5 Å². The fourth-order valence-corrected chi connectivity index (χ4v) is 6.73. The summed E-state index contributed by atoms with van der Waals surface area (Å²) >= 11 is 0. The average Bonchev–Trinajstić information content (AvgIpc) is 3.20. The van der Waals surface area contributed by atoms with Crippen molar-refractivity contribution < 1.29 is 46.9 Å². The molecule has 2 unspecified atom stereocenters. The fraction of sp³-hybridized carbons (Fsp3) is 0.767. The van der Waals surface area contributed by atoms with Gasteiger partial charge in [-0.2, -0.15) is 0 Å². The minimum Gasteiger partial charge on any atom is -0.756 e. The average molecular weight is 812 g/mol. The van der Waals surface area contributed by atoms with Crippen LogP contribution in [0.3, 0.4) is 0 Å². The minimum absolute atomic E-state index is 0.0158. The monoisotopic (exact) mass is 812 g/mol. The summed E-state index contributed by atoms with van der Waals surface area (Å²) in [5, 5.41) is 5.52. The Hall–Kier alpha value is -1.67. The van der Waals surface area contributed by atoms with Gasteiger partial charge in [0.2, 0.25) is 0 Å². The van der Waals surface area contributed by atoms with Gasteiger partial charge in [-0.1, -0.05) is 122 Å². The number of nitrogens with zero attached hydrogens (tertiary/aromatic N) is 1. The van der Waals surface area contributed by atoms with E-state index in [0.717, 1.165) is 47.9 Å². The second kappa shape index (κ2) is 34.2. The summed E-state index contributed by atoms with van der Waals surface area (Å²) in [5.74, 6) is 0.841. The zero-order valence-corrected chi connectivity index (χ0v) is 36.2. The van der Waals surface area contributed by atoms with Crippen LogP contribution in [0.4, 0.5) is 0 Å². The zero-order valence-electron chi connectivity index (χ0n) is 35.3. The highest BCUT2D eigenvalue weighted by Crippen LogP contribution is 2.38. The van der Waals surface area contributed by atoms with Crippen molar-refractivity contribution in [1.29, 1.82) is 0 Å². The van der Waals surface area contributed by atoms with Crippen molar-refractivity contribution in [3.05, 3.63) is 42.0 Å². The lowest BCUT2D eigenvalue weighted by molar-refractivity contribution is -0.230. The van der Waals surface area contributed by atoms with Gasteiger partial charge in [-0.15, -0.1) is 0 Å². The molecule has 0 radical (unpaired) electrons. The molecule has 2 atom stereocenters. The molecule has 2 rings (SSSR count). The van der Waals surface area contributed by atoms with E-state index in [1.54, 1.807) is 7.11 Å². The number of hydrogen-bond donors (Lipinski definition) is 1. The highest BCUT2D eigenvalue weighted by Gasteiger charge is 2.17. The maximum Gasteiger partial charge on any atom is 0.268 e. The summed E-state index contributed by atoms with van der Waals surface area (Å²) in [6, 6.07) is 12.3. The van der Waals surface area contributed by atoms with Gasteiger partial charge >= 0.3 is 0 Å². The van der Waals surface area contributed by atoms with Gasteiger partial charge in [-0.05, 0) is 67.5 Å². The third kappa shape index (κ3) is 27.1. The summed E-state index contributed by atoms with van der Waals surface area (Å²) in [6.45, 7) is 8.13. The molecule has 0 aliphatic heterocycles. The summed E-state index contributed by atoms with van der Waals surface area (Å²) < 4.78 is 56.3. The number of unbranched alkanes of at least 4 members (excludes halogenated alkanes) is 14. The van der Waals surface area contributed by atoms with E-state index in [0.29, 0.717) is 39.6 Å². The summed E-state index contributed by atoms with van der Waals surface area (Å²) in [5.41, 5.74) is 1.10. The summed E-state index contributed by atoms with van der Waals surface area (Å²) in [7, 11) is -0.943. The van der Waals surface area contributed by atoms with Crippen LogP contribution in [-0.4, -0.2) is 98.1 Å². The van der Waals surface area contributed by atoms with Crippen molar-refractivity contribution in [2.24, 2.45) is 0 Å². The number of phosphoric acid groups is 1. The Morgan fingerprint density at radius 2 is 1.32 bits per heavy atom. The third-order valence-electron chi connectivity index (χ3n) is 9.66. The number of ether oxygens (including phenoxy) is 6. The molecule has 0 saturated carbocycles. The molecule has 0 fully saturated rings. The number of fused-ring (bicyclic) bond motifs is 1. The van der Waals surface area contributed by atoms with Gasteiger partial charge in [-0.3, -0.25) is 9.88 Å². The Labute approximate surface area is 339 Å². The van der Waals surface area contributed by atoms with Crippen molar-refractivity contribution in [2.45, 2.75) is 129 Å². The van der Waals surface area contributed by atoms with Crippen molar-refractivity contribution >= 4 is 18.6 Å². The molecule has 0 spiro atoms. The molecule has 0 aromatic heterocycles. The van der Waals surface area contributed by atoms with Gasteiger partial charge in [0, 0.05) is 13.2 Å². The van der Waals surface area contributed by atoms with Gasteiger partial charge in [0.1, 0.15) is 25.4 Å². The standard InChI is InChI=1S/C43H77N2O10P/c1-5-7-8-9-10-11-12-13-14-15-16-17-18-19-20-28-49-37-52-34-43(35-55-56(46,47)54-30-27-45(3)6-2)53-38-50-29-21-26-44-36-51-33-39-22-23-41-32-42(48-4)25-24-40(41)31-39/h22-25,31-32,43-44H,5-21,26-30,33-38H2,1-4H3,(H,46,47)/p-1. The van der Waals surface area contributed by atoms with Gasteiger partial charge in [-0.25, -0.2) is 0 Å². The highest BCUT2D eigenvalue weighted by molar-refractivity contribution is 7.45. The number of phosphoric ester groups is 1. The zero-order chi connectivity index (χ0) is 40.4. The molecule has 0 amide bonds. The first-order chi connectivity index (χ1) is 27.4. The maximum atomic E-state index is 12.3. The van der Waals surface area contributed by atoms with Crippen molar-refractivity contribution in [1.82, 2.24) is 10.2 Å². The topological polar surface area (TPSA) is 129 Å². The van der Waals surface area contributed by atoms with Crippen LogP contribution in [0.2, 0.25) is 0 Å². The Morgan fingerprint density at radius 3 is 2.00 bits per heavy atom. The molecule has 324 valence electrons. The number of nitrogens with one attached hydrogen (secondary N) is 1. The van der Waals surface area contributed by atoms with Crippen molar-refractivity contribution in [3.63, 3.8) is 0 Å². The van der Waals surface area contributed by atoms with E-state index in [9.17, 15) is 9.46 Å². The maximum absolute atomic E-state index is 12.3. The first kappa shape index (κ1) is 50.5. The Morgan fingerprint density at radius 1 is 0.696 bits per heavy atom. The van der Waals surface area contributed by atoms with E-state index in [-0.39, 0.29) is 33.4 Å². The predicted octanol–water partition coefficient (Wildman–Crippen LogP) is 8.98. The van der Waals surface area contributed by atoms with Gasteiger partial charge in [0.15, 0.2) is 0 Å². The molecule has 0 bridgehead atoms. The molecule has 13 heteroatoms. The second-order valence-corrected chi connectivity index (χ2v) is 15.9. The molecular formula is C43H76N2O10P-.